The number of nitrogens with zero attached hydrogens (tertiary/aromatic N) is 2. The Morgan fingerprint density at radius 3 is 2.58 bits per heavy atom. The number of hydrogen-bond donors (Lipinski definition) is 1. The highest BCUT2D eigenvalue weighted by molar-refractivity contribution is 6.01. The molecule has 2 aromatic rings. The van der Waals surface area contributed by atoms with Crippen LogP contribution in [0.4, 0.5) is 5.69 Å². The number of rotatable bonds is 3. The van der Waals surface area contributed by atoms with E-state index in [-0.39, 0.29) is 17.7 Å². The number of carbonyl (C=O) groups is 1. The molecule has 0 aliphatic carbocycles. The van der Waals surface area contributed by atoms with E-state index in [0.29, 0.717) is 5.89 Å². The van der Waals surface area contributed by atoms with Crippen molar-refractivity contribution in [3.63, 3.8) is 0 Å². The maximum Gasteiger partial charge on any atom is 0.313 e. The van der Waals surface area contributed by atoms with Gasteiger partial charge in [-0.15, -0.1) is 10.2 Å². The summed E-state index contributed by atoms with van der Waals surface area (Å²) in [5.74, 6) is 0.177. The van der Waals surface area contributed by atoms with Crippen LogP contribution in [0, 0.1) is 13.8 Å². The molecule has 1 aromatic carbocycles. The molecule has 0 radical (unpaired) electrons. The first-order valence-electron chi connectivity index (χ1n) is 6.19. The largest absolute Gasteiger partial charge is 0.417 e. The number of amides is 1. The van der Waals surface area contributed by atoms with E-state index in [1.54, 1.807) is 0 Å². The first kappa shape index (κ1) is 13.3. The van der Waals surface area contributed by atoms with Gasteiger partial charge in [-0.2, -0.15) is 0 Å². The van der Waals surface area contributed by atoms with Crippen LogP contribution in [0.25, 0.3) is 0 Å². The van der Waals surface area contributed by atoms with Crippen molar-refractivity contribution >= 4 is 11.6 Å². The van der Waals surface area contributed by atoms with E-state index in [2.05, 4.69) is 15.5 Å². The Hall–Kier alpha value is -2.17. The van der Waals surface area contributed by atoms with Crippen LogP contribution in [0.1, 0.15) is 47.5 Å². The van der Waals surface area contributed by atoms with Crippen molar-refractivity contribution in [3.8, 4) is 0 Å². The van der Waals surface area contributed by atoms with Gasteiger partial charge < -0.3 is 9.73 Å². The second-order valence-electron chi connectivity index (χ2n) is 4.87. The lowest BCUT2D eigenvalue weighted by atomic mass is 10.1. The molecular formula is C14H17N3O2. The lowest BCUT2D eigenvalue weighted by Gasteiger charge is -2.06. The summed E-state index contributed by atoms with van der Waals surface area (Å²) in [6, 6.07) is 5.81. The van der Waals surface area contributed by atoms with Crippen molar-refractivity contribution in [2.75, 3.05) is 5.32 Å². The number of anilines is 1. The molecule has 19 heavy (non-hydrogen) atoms. The van der Waals surface area contributed by atoms with Crippen LogP contribution in [-0.4, -0.2) is 16.1 Å². The molecule has 0 bridgehead atoms. The predicted octanol–water partition coefficient (Wildman–Crippen LogP) is 3.06. The Morgan fingerprint density at radius 1 is 1.26 bits per heavy atom. The molecule has 1 heterocycles. The molecule has 5 nitrogen and oxygen atoms in total. The molecule has 1 amide bonds. The molecule has 5 heteroatoms. The molecule has 0 aliphatic heterocycles. The van der Waals surface area contributed by atoms with Gasteiger partial charge in [0.25, 0.3) is 0 Å². The lowest BCUT2D eigenvalue weighted by Crippen LogP contribution is -2.13. The number of nitrogens with one attached hydrogen (secondary N) is 1. The maximum atomic E-state index is 12.0. The minimum Gasteiger partial charge on any atom is -0.417 e. The van der Waals surface area contributed by atoms with Gasteiger partial charge in [-0.1, -0.05) is 31.5 Å². The molecule has 100 valence electrons. The lowest BCUT2D eigenvalue weighted by molar-refractivity contribution is 0.0988. The number of hydrogen-bond acceptors (Lipinski definition) is 4. The maximum absolute atomic E-state index is 12.0. The third-order valence-corrected chi connectivity index (χ3v) is 2.76. The van der Waals surface area contributed by atoms with Gasteiger partial charge in [0.05, 0.1) is 0 Å². The van der Waals surface area contributed by atoms with E-state index in [1.807, 2.05) is 45.9 Å². The average molecular weight is 259 g/mol. The molecule has 0 spiro atoms. The van der Waals surface area contributed by atoms with E-state index in [1.165, 1.54) is 0 Å². The third-order valence-electron chi connectivity index (χ3n) is 2.76. The molecule has 0 unspecified atom stereocenters. The summed E-state index contributed by atoms with van der Waals surface area (Å²) in [6.45, 7) is 7.81. The average Bonchev–Trinajstić information content (AvgIpc) is 2.82. The zero-order valence-electron chi connectivity index (χ0n) is 11.5. The highest BCUT2D eigenvalue weighted by atomic mass is 16.4. The molecule has 1 N–H and O–H groups in total. The van der Waals surface area contributed by atoms with Gasteiger partial charge in [0.1, 0.15) is 0 Å². The molecule has 2 rings (SSSR count). The minimum absolute atomic E-state index is 0.0105. The fourth-order valence-corrected chi connectivity index (χ4v) is 1.69. The van der Waals surface area contributed by atoms with Crippen molar-refractivity contribution < 1.29 is 9.21 Å². The first-order chi connectivity index (χ1) is 8.97. The molecule has 0 saturated carbocycles. The summed E-state index contributed by atoms with van der Waals surface area (Å²) >= 11 is 0. The normalized spacial score (nSPS) is 10.8. The predicted molar refractivity (Wildman–Crippen MR) is 72.3 cm³/mol. The van der Waals surface area contributed by atoms with Crippen LogP contribution < -0.4 is 5.32 Å². The molecule has 0 aliphatic rings. The monoisotopic (exact) mass is 259 g/mol. The van der Waals surface area contributed by atoms with Gasteiger partial charge in [0.2, 0.25) is 5.89 Å². The van der Waals surface area contributed by atoms with Gasteiger partial charge >= 0.3 is 11.8 Å². The smallest absolute Gasteiger partial charge is 0.313 e. The van der Waals surface area contributed by atoms with E-state index in [4.69, 9.17) is 4.42 Å². The quantitative estimate of drug-likeness (QED) is 0.919. The highest BCUT2D eigenvalue weighted by Crippen LogP contribution is 2.18. The Bertz CT molecular complexity index is 602. The number of carbonyl (C=O) groups excluding carboxylic acids is 1. The van der Waals surface area contributed by atoms with Crippen LogP contribution in [-0.2, 0) is 0 Å². The van der Waals surface area contributed by atoms with Gasteiger partial charge in [-0.05, 0) is 25.5 Å². The van der Waals surface area contributed by atoms with Crippen molar-refractivity contribution in [1.29, 1.82) is 0 Å². The topological polar surface area (TPSA) is 68.0 Å². The summed E-state index contributed by atoms with van der Waals surface area (Å²) in [7, 11) is 0. The van der Waals surface area contributed by atoms with Crippen molar-refractivity contribution in [1.82, 2.24) is 10.2 Å². The van der Waals surface area contributed by atoms with Gasteiger partial charge in [-0.3, -0.25) is 4.79 Å². The Kier molecular flexibility index (Phi) is 3.64. The SMILES string of the molecule is Cc1ccc(NC(=O)c2nnc(C(C)C)o2)c(C)c1. The Morgan fingerprint density at radius 2 is 2.00 bits per heavy atom. The van der Waals surface area contributed by atoms with E-state index in [9.17, 15) is 4.79 Å². The second-order valence-corrected chi connectivity index (χ2v) is 4.87. The summed E-state index contributed by atoms with van der Waals surface area (Å²) in [6.07, 6.45) is 0. The van der Waals surface area contributed by atoms with E-state index < -0.39 is 0 Å². The summed E-state index contributed by atoms with van der Waals surface area (Å²) in [5.41, 5.74) is 2.90. The van der Waals surface area contributed by atoms with Crippen molar-refractivity contribution in [3.05, 3.63) is 41.1 Å². The van der Waals surface area contributed by atoms with Crippen LogP contribution in [0.3, 0.4) is 0 Å². The van der Waals surface area contributed by atoms with E-state index >= 15 is 0 Å². The van der Waals surface area contributed by atoms with Crippen LogP contribution in [0.5, 0.6) is 0 Å². The molecule has 0 fully saturated rings. The Balaban J connectivity index is 2.16. The zero-order chi connectivity index (χ0) is 14.0. The Labute approximate surface area is 112 Å². The van der Waals surface area contributed by atoms with Gasteiger partial charge in [0, 0.05) is 11.6 Å². The third kappa shape index (κ3) is 2.99. The van der Waals surface area contributed by atoms with E-state index in [0.717, 1.165) is 16.8 Å². The number of benzene rings is 1. The zero-order valence-corrected chi connectivity index (χ0v) is 11.5. The van der Waals surface area contributed by atoms with Crippen LogP contribution >= 0.6 is 0 Å². The summed E-state index contributed by atoms with van der Waals surface area (Å²) in [5, 5.41) is 10.4. The molecular weight excluding hydrogens is 242 g/mol. The fraction of sp³-hybridized carbons (Fsp3) is 0.357. The van der Waals surface area contributed by atoms with Gasteiger partial charge in [-0.25, -0.2) is 0 Å². The van der Waals surface area contributed by atoms with Gasteiger partial charge in [0.15, 0.2) is 0 Å². The van der Waals surface area contributed by atoms with Crippen LogP contribution in [0.2, 0.25) is 0 Å². The molecule has 0 saturated heterocycles. The molecule has 0 atom stereocenters. The minimum atomic E-state index is -0.383. The summed E-state index contributed by atoms with van der Waals surface area (Å²) in [4.78, 5) is 12.0. The van der Waals surface area contributed by atoms with Crippen LogP contribution in [0.15, 0.2) is 22.6 Å². The molecule has 1 aromatic heterocycles. The fourth-order valence-electron chi connectivity index (χ4n) is 1.69. The standard InChI is InChI=1S/C14H17N3O2/c1-8(2)13-16-17-14(19-13)12(18)15-11-6-5-9(3)7-10(11)4/h5-8H,1-4H3,(H,15,18). The number of aryl methyl sites for hydroxylation is 2. The summed E-state index contributed by atoms with van der Waals surface area (Å²) < 4.78 is 5.31. The first-order valence-corrected chi connectivity index (χ1v) is 6.19. The highest BCUT2D eigenvalue weighted by Gasteiger charge is 2.17. The van der Waals surface area contributed by atoms with Crippen molar-refractivity contribution in [2.45, 2.75) is 33.6 Å². The second kappa shape index (κ2) is 5.22. The number of aromatic nitrogens is 2. The van der Waals surface area contributed by atoms with Crippen molar-refractivity contribution in [2.24, 2.45) is 0 Å².